The summed E-state index contributed by atoms with van der Waals surface area (Å²) in [5, 5.41) is 11.4. The molecular formula is C16H12ClFN4S. The summed E-state index contributed by atoms with van der Waals surface area (Å²) in [5.41, 5.74) is 2.18. The van der Waals surface area contributed by atoms with E-state index in [9.17, 15) is 4.39 Å². The second-order valence-electron chi connectivity index (χ2n) is 4.91. The average molecular weight is 347 g/mol. The predicted molar refractivity (Wildman–Crippen MR) is 92.0 cm³/mol. The van der Waals surface area contributed by atoms with Crippen molar-refractivity contribution < 1.29 is 4.39 Å². The van der Waals surface area contributed by atoms with E-state index in [0.717, 1.165) is 11.1 Å². The second-order valence-corrected chi connectivity index (χ2v) is 5.70. The molecule has 0 saturated carbocycles. The highest BCUT2D eigenvalue weighted by Gasteiger charge is 2.09. The first-order valence-corrected chi connectivity index (χ1v) is 7.57. The number of H-pyrrole nitrogens is 1. The summed E-state index contributed by atoms with van der Waals surface area (Å²) in [6, 6.07) is 12.2. The van der Waals surface area contributed by atoms with E-state index in [0.29, 0.717) is 10.6 Å². The number of hydrogen-bond acceptors (Lipinski definition) is 3. The van der Waals surface area contributed by atoms with Crippen LogP contribution in [0.5, 0.6) is 0 Å². The molecule has 0 saturated heterocycles. The second kappa shape index (κ2) is 6.44. The molecule has 1 N–H and O–H groups in total. The number of benzene rings is 2. The van der Waals surface area contributed by atoms with E-state index in [1.807, 2.05) is 31.2 Å². The SMILES string of the molecule is Cc1ccc(-c2n[nH]c(=S)n2/N=C\c2c(F)cccc2Cl)cc1. The maximum absolute atomic E-state index is 13.8. The minimum Gasteiger partial charge on any atom is -0.250 e. The van der Waals surface area contributed by atoms with Gasteiger partial charge in [-0.3, -0.25) is 0 Å². The molecule has 7 heteroatoms. The normalized spacial score (nSPS) is 11.3. The van der Waals surface area contributed by atoms with Gasteiger partial charge < -0.3 is 0 Å². The molecule has 23 heavy (non-hydrogen) atoms. The zero-order valence-electron chi connectivity index (χ0n) is 12.1. The quantitative estimate of drug-likeness (QED) is 0.557. The molecule has 0 atom stereocenters. The lowest BCUT2D eigenvalue weighted by molar-refractivity contribution is 0.625. The van der Waals surface area contributed by atoms with Crippen LogP contribution in [0.2, 0.25) is 5.02 Å². The number of nitrogens with one attached hydrogen (secondary N) is 1. The molecule has 116 valence electrons. The van der Waals surface area contributed by atoms with Crippen LogP contribution >= 0.6 is 23.8 Å². The zero-order chi connectivity index (χ0) is 16.4. The van der Waals surface area contributed by atoms with Crippen molar-refractivity contribution in [3.8, 4) is 11.4 Å². The Balaban J connectivity index is 2.04. The molecule has 0 aliphatic heterocycles. The summed E-state index contributed by atoms with van der Waals surface area (Å²) in [5.74, 6) is 0.0897. The highest BCUT2D eigenvalue weighted by molar-refractivity contribution is 7.71. The van der Waals surface area contributed by atoms with Gasteiger partial charge in [0.25, 0.3) is 0 Å². The van der Waals surface area contributed by atoms with Crippen molar-refractivity contribution in [3.05, 3.63) is 69.2 Å². The van der Waals surface area contributed by atoms with Crippen molar-refractivity contribution in [2.24, 2.45) is 5.10 Å². The van der Waals surface area contributed by atoms with Crippen LogP contribution in [0.4, 0.5) is 4.39 Å². The first-order chi connectivity index (χ1) is 11.1. The van der Waals surface area contributed by atoms with Crippen LogP contribution in [0.15, 0.2) is 47.6 Å². The van der Waals surface area contributed by atoms with E-state index < -0.39 is 5.82 Å². The van der Waals surface area contributed by atoms with Crippen LogP contribution in [0.3, 0.4) is 0 Å². The third-order valence-electron chi connectivity index (χ3n) is 3.26. The topological polar surface area (TPSA) is 46.0 Å². The number of halogens is 2. The molecule has 3 rings (SSSR count). The van der Waals surface area contributed by atoms with Gasteiger partial charge in [-0.25, -0.2) is 9.49 Å². The van der Waals surface area contributed by atoms with Gasteiger partial charge in [-0.2, -0.15) is 14.9 Å². The molecule has 4 nitrogen and oxygen atoms in total. The fraction of sp³-hybridized carbons (Fsp3) is 0.0625. The number of nitrogens with zero attached hydrogens (tertiary/aromatic N) is 3. The predicted octanol–water partition coefficient (Wildman–Crippen LogP) is 4.59. The van der Waals surface area contributed by atoms with Gasteiger partial charge in [-0.05, 0) is 31.3 Å². The molecule has 2 aromatic carbocycles. The van der Waals surface area contributed by atoms with Crippen molar-refractivity contribution >= 4 is 30.0 Å². The molecule has 1 aromatic heterocycles. The van der Waals surface area contributed by atoms with Gasteiger partial charge in [-0.15, -0.1) is 0 Å². The van der Waals surface area contributed by atoms with E-state index in [-0.39, 0.29) is 10.6 Å². The van der Waals surface area contributed by atoms with E-state index >= 15 is 0 Å². The van der Waals surface area contributed by atoms with Crippen molar-refractivity contribution in [1.29, 1.82) is 0 Å². The van der Waals surface area contributed by atoms with Gasteiger partial charge in [0.05, 0.1) is 11.2 Å². The molecule has 3 aromatic rings. The van der Waals surface area contributed by atoms with Gasteiger partial charge in [0.2, 0.25) is 4.77 Å². The third kappa shape index (κ3) is 3.23. The first kappa shape index (κ1) is 15.6. The zero-order valence-corrected chi connectivity index (χ0v) is 13.7. The maximum Gasteiger partial charge on any atom is 0.216 e. The maximum atomic E-state index is 13.8. The molecule has 0 amide bonds. The Bertz CT molecular complexity index is 908. The molecule has 0 spiro atoms. The van der Waals surface area contributed by atoms with E-state index in [1.165, 1.54) is 23.0 Å². The third-order valence-corrected chi connectivity index (χ3v) is 3.86. The van der Waals surface area contributed by atoms with Crippen LogP contribution in [0.1, 0.15) is 11.1 Å². The Labute approximate surface area is 142 Å². The summed E-state index contributed by atoms with van der Waals surface area (Å²) in [4.78, 5) is 0. The fourth-order valence-electron chi connectivity index (χ4n) is 2.04. The van der Waals surface area contributed by atoms with Gasteiger partial charge in [0.1, 0.15) is 5.82 Å². The number of hydrogen-bond donors (Lipinski definition) is 1. The smallest absolute Gasteiger partial charge is 0.216 e. The summed E-state index contributed by atoms with van der Waals surface area (Å²) < 4.78 is 15.6. The van der Waals surface area contributed by atoms with E-state index in [2.05, 4.69) is 15.3 Å². The van der Waals surface area contributed by atoms with Crippen LogP contribution < -0.4 is 0 Å². The molecule has 0 aliphatic rings. The molecule has 1 heterocycles. The number of rotatable bonds is 3. The van der Waals surface area contributed by atoms with Crippen LogP contribution in [-0.2, 0) is 0 Å². The summed E-state index contributed by atoms with van der Waals surface area (Å²) >= 11 is 11.2. The molecular weight excluding hydrogens is 335 g/mol. The van der Waals surface area contributed by atoms with Crippen molar-refractivity contribution in [3.63, 3.8) is 0 Å². The Morgan fingerprint density at radius 1 is 1.26 bits per heavy atom. The van der Waals surface area contributed by atoms with Crippen molar-refractivity contribution in [2.75, 3.05) is 0 Å². The molecule has 0 unspecified atom stereocenters. The highest BCUT2D eigenvalue weighted by Crippen LogP contribution is 2.19. The van der Waals surface area contributed by atoms with Crippen molar-refractivity contribution in [1.82, 2.24) is 14.9 Å². The highest BCUT2D eigenvalue weighted by atomic mass is 35.5. The van der Waals surface area contributed by atoms with E-state index in [4.69, 9.17) is 23.8 Å². The lowest BCUT2D eigenvalue weighted by Crippen LogP contribution is -1.97. The Morgan fingerprint density at radius 3 is 2.70 bits per heavy atom. The summed E-state index contributed by atoms with van der Waals surface area (Å²) in [7, 11) is 0. The number of aromatic nitrogens is 3. The van der Waals surface area contributed by atoms with Gasteiger partial charge in [-0.1, -0.05) is 47.5 Å². The monoisotopic (exact) mass is 346 g/mol. The standard InChI is InChI=1S/C16H12ClFN4S/c1-10-5-7-11(8-6-10)15-20-21-16(23)22(15)19-9-12-13(17)3-2-4-14(12)18/h2-9H,1H3,(H,21,23)/b19-9-. The van der Waals surface area contributed by atoms with Gasteiger partial charge >= 0.3 is 0 Å². The lowest BCUT2D eigenvalue weighted by atomic mass is 10.1. The number of aromatic amines is 1. The van der Waals surface area contributed by atoms with Crippen LogP contribution in [0.25, 0.3) is 11.4 Å². The fourth-order valence-corrected chi connectivity index (χ4v) is 2.43. The Kier molecular flexibility index (Phi) is 4.36. The van der Waals surface area contributed by atoms with Crippen LogP contribution in [0, 0.1) is 17.5 Å². The molecule has 0 radical (unpaired) electrons. The average Bonchev–Trinajstić information content (AvgIpc) is 2.89. The Hall–Kier alpha value is -2.31. The number of aryl methyl sites for hydroxylation is 1. The minimum absolute atomic E-state index is 0.201. The largest absolute Gasteiger partial charge is 0.250 e. The van der Waals surface area contributed by atoms with Gasteiger partial charge in [0, 0.05) is 11.1 Å². The summed E-state index contributed by atoms with van der Waals surface area (Å²) in [6.45, 7) is 2.00. The minimum atomic E-state index is -0.451. The first-order valence-electron chi connectivity index (χ1n) is 6.79. The summed E-state index contributed by atoms with van der Waals surface area (Å²) in [6.07, 6.45) is 1.33. The molecule has 0 fully saturated rings. The van der Waals surface area contributed by atoms with Crippen LogP contribution in [-0.4, -0.2) is 21.1 Å². The molecule has 0 bridgehead atoms. The Morgan fingerprint density at radius 2 is 2.00 bits per heavy atom. The lowest BCUT2D eigenvalue weighted by Gasteiger charge is -2.02. The van der Waals surface area contributed by atoms with Crippen molar-refractivity contribution in [2.45, 2.75) is 6.92 Å². The van der Waals surface area contributed by atoms with E-state index in [1.54, 1.807) is 6.07 Å². The van der Waals surface area contributed by atoms with Gasteiger partial charge in [0.15, 0.2) is 5.82 Å². The molecule has 0 aliphatic carbocycles.